The minimum absolute atomic E-state index is 0.0130. The van der Waals surface area contributed by atoms with Gasteiger partial charge < -0.3 is 15.1 Å². The lowest BCUT2D eigenvalue weighted by atomic mass is 10.1. The number of para-hydroxylation sites is 1. The molecule has 198 valence electrons. The number of nitrogens with one attached hydrogen (secondary N) is 1. The topological polar surface area (TPSA) is 52.7 Å². The first-order valence-corrected chi connectivity index (χ1v) is 14.2. The number of carbonyl (C=O) groups is 2. The number of rotatable bonds is 11. The van der Waals surface area contributed by atoms with Crippen LogP contribution in [0.1, 0.15) is 53.2 Å². The zero-order valence-electron chi connectivity index (χ0n) is 22.6. The maximum Gasteiger partial charge on any atom is 0.265 e. The summed E-state index contributed by atoms with van der Waals surface area (Å²) in [4.78, 5) is 32.1. The molecule has 0 aliphatic carbocycles. The second kappa shape index (κ2) is 13.4. The molecule has 1 heterocycles. The fourth-order valence-corrected chi connectivity index (χ4v) is 5.55. The fraction of sp³-hybridized carbons (Fsp3) is 0.312. The predicted octanol–water partition coefficient (Wildman–Crippen LogP) is 6.53. The van der Waals surface area contributed by atoms with Crippen molar-refractivity contribution < 1.29 is 9.59 Å². The van der Waals surface area contributed by atoms with E-state index in [1.165, 1.54) is 30.2 Å². The van der Waals surface area contributed by atoms with Crippen molar-refractivity contribution in [2.75, 3.05) is 31.6 Å². The van der Waals surface area contributed by atoms with Gasteiger partial charge in [0.15, 0.2) is 0 Å². The minimum atomic E-state index is -0.0678. The third-order valence-corrected chi connectivity index (χ3v) is 7.70. The van der Waals surface area contributed by atoms with Crippen LogP contribution in [-0.4, -0.2) is 43.4 Å². The molecule has 2 amide bonds. The van der Waals surface area contributed by atoms with E-state index >= 15 is 0 Å². The van der Waals surface area contributed by atoms with Crippen LogP contribution in [0.2, 0.25) is 0 Å². The third kappa shape index (κ3) is 7.36. The van der Waals surface area contributed by atoms with Gasteiger partial charge in [0.2, 0.25) is 0 Å². The number of amides is 2. The fourth-order valence-electron chi connectivity index (χ4n) is 4.49. The number of nitrogens with zero attached hydrogens (tertiary/aromatic N) is 2. The molecule has 3 aromatic carbocycles. The maximum absolute atomic E-state index is 13.6. The van der Waals surface area contributed by atoms with Crippen LogP contribution in [0.25, 0.3) is 6.08 Å². The van der Waals surface area contributed by atoms with Gasteiger partial charge in [0.1, 0.15) is 0 Å². The Morgan fingerprint density at radius 2 is 1.76 bits per heavy atom. The summed E-state index contributed by atoms with van der Waals surface area (Å²) in [6.07, 6.45) is 5.24. The summed E-state index contributed by atoms with van der Waals surface area (Å²) in [7, 11) is 2.13. The van der Waals surface area contributed by atoms with Crippen molar-refractivity contribution in [3.8, 4) is 0 Å². The van der Waals surface area contributed by atoms with Crippen molar-refractivity contribution >= 4 is 35.3 Å². The number of anilines is 1. The number of fused-ring (bicyclic) bond motifs is 1. The highest BCUT2D eigenvalue weighted by Crippen LogP contribution is 2.42. The Morgan fingerprint density at radius 3 is 2.53 bits per heavy atom. The number of aryl methyl sites for hydroxylation is 1. The molecular formula is C32H37N3O2S. The van der Waals surface area contributed by atoms with E-state index in [1.807, 2.05) is 59.5 Å². The van der Waals surface area contributed by atoms with E-state index in [4.69, 9.17) is 0 Å². The smallest absolute Gasteiger partial charge is 0.265 e. The Labute approximate surface area is 230 Å². The van der Waals surface area contributed by atoms with Crippen molar-refractivity contribution in [3.05, 3.63) is 100.0 Å². The van der Waals surface area contributed by atoms with Gasteiger partial charge >= 0.3 is 0 Å². The highest BCUT2D eigenvalue weighted by molar-refractivity contribution is 8.04. The maximum atomic E-state index is 13.6. The third-order valence-electron chi connectivity index (χ3n) is 6.62. The molecule has 6 heteroatoms. The van der Waals surface area contributed by atoms with Gasteiger partial charge in [-0.15, -0.1) is 0 Å². The molecule has 1 N–H and O–H groups in total. The second-order valence-corrected chi connectivity index (χ2v) is 10.9. The normalized spacial score (nSPS) is 14.2. The predicted molar refractivity (Wildman–Crippen MR) is 158 cm³/mol. The van der Waals surface area contributed by atoms with Gasteiger partial charge in [0.05, 0.1) is 17.1 Å². The van der Waals surface area contributed by atoms with Gasteiger partial charge in [-0.1, -0.05) is 79.2 Å². The van der Waals surface area contributed by atoms with Crippen molar-refractivity contribution in [2.24, 2.45) is 0 Å². The van der Waals surface area contributed by atoms with Crippen LogP contribution in [0.3, 0.4) is 0 Å². The Balaban J connectivity index is 1.42. The molecule has 0 spiro atoms. The number of hydrogen-bond donors (Lipinski definition) is 1. The first-order valence-electron chi connectivity index (χ1n) is 13.4. The van der Waals surface area contributed by atoms with Gasteiger partial charge in [-0.05, 0) is 81.4 Å². The van der Waals surface area contributed by atoms with Gasteiger partial charge in [-0.25, -0.2) is 0 Å². The summed E-state index contributed by atoms with van der Waals surface area (Å²) in [6, 6.07) is 23.8. The lowest BCUT2D eigenvalue weighted by molar-refractivity contribution is -0.114. The summed E-state index contributed by atoms with van der Waals surface area (Å²) in [6.45, 7) is 7.50. The molecule has 5 nitrogen and oxygen atoms in total. The zero-order chi connectivity index (χ0) is 26.9. The zero-order valence-corrected chi connectivity index (χ0v) is 23.4. The summed E-state index contributed by atoms with van der Waals surface area (Å²) < 4.78 is 0. The van der Waals surface area contributed by atoms with Gasteiger partial charge in [0, 0.05) is 17.0 Å². The number of unbranched alkanes of at least 4 members (excludes halogenated alkanes) is 1. The Hall–Kier alpha value is -3.35. The molecule has 0 unspecified atom stereocenters. The van der Waals surface area contributed by atoms with Crippen molar-refractivity contribution in [1.29, 1.82) is 0 Å². The van der Waals surface area contributed by atoms with Crippen LogP contribution >= 0.6 is 11.8 Å². The first kappa shape index (κ1) is 27.7. The van der Waals surface area contributed by atoms with Crippen LogP contribution in [0.15, 0.2) is 82.6 Å². The molecule has 4 rings (SSSR count). The van der Waals surface area contributed by atoms with Gasteiger partial charge in [-0.3, -0.25) is 9.59 Å². The standard InChI is InChI=1S/C32H37N3O2S/c1-4-5-19-34(3)20-9-18-33-31(36)27-16-14-25(15-17-27)22-30-32(37)35(23-26-11-8-10-24(2)21-26)28-12-6-7-13-29(28)38-30/h6-8,10-17,21-22H,4-5,9,18-20,23H2,1-3H3,(H,33,36). The lowest BCUT2D eigenvalue weighted by Crippen LogP contribution is -2.33. The van der Waals surface area contributed by atoms with E-state index in [2.05, 4.69) is 55.4 Å². The number of carbonyl (C=O) groups excluding carboxylic acids is 2. The molecule has 0 saturated carbocycles. The highest BCUT2D eigenvalue weighted by atomic mass is 32.2. The Morgan fingerprint density at radius 1 is 1.00 bits per heavy atom. The van der Waals surface area contributed by atoms with E-state index < -0.39 is 0 Å². The summed E-state index contributed by atoms with van der Waals surface area (Å²) in [5.41, 5.74) is 4.73. The van der Waals surface area contributed by atoms with Crippen molar-refractivity contribution in [1.82, 2.24) is 10.2 Å². The SMILES string of the molecule is CCCCN(C)CCCNC(=O)c1ccc(C=C2Sc3ccccc3N(Cc3cccc(C)c3)C2=O)cc1. The van der Waals surface area contributed by atoms with Crippen LogP contribution in [0, 0.1) is 6.92 Å². The Kier molecular flexibility index (Phi) is 9.79. The summed E-state index contributed by atoms with van der Waals surface area (Å²) in [5.74, 6) is -0.0808. The average molecular weight is 528 g/mol. The molecule has 0 radical (unpaired) electrons. The molecule has 38 heavy (non-hydrogen) atoms. The molecule has 3 aromatic rings. The van der Waals surface area contributed by atoms with Gasteiger partial charge in [0.25, 0.3) is 11.8 Å². The lowest BCUT2D eigenvalue weighted by Gasteiger charge is -2.30. The molecule has 1 aliphatic rings. The second-order valence-electron chi connectivity index (χ2n) is 9.85. The molecule has 0 saturated heterocycles. The van der Waals surface area contributed by atoms with Crippen LogP contribution in [0.4, 0.5) is 5.69 Å². The molecule has 1 aliphatic heterocycles. The average Bonchev–Trinajstić information content (AvgIpc) is 2.92. The largest absolute Gasteiger partial charge is 0.352 e. The number of benzene rings is 3. The van der Waals surface area contributed by atoms with Crippen molar-refractivity contribution in [3.63, 3.8) is 0 Å². The number of thioether (sulfide) groups is 1. The number of hydrogen-bond acceptors (Lipinski definition) is 4. The van der Waals surface area contributed by atoms with E-state index in [1.54, 1.807) is 0 Å². The highest BCUT2D eigenvalue weighted by Gasteiger charge is 2.29. The molecule has 0 fully saturated rings. The van der Waals surface area contributed by atoms with Crippen LogP contribution < -0.4 is 10.2 Å². The van der Waals surface area contributed by atoms with Crippen LogP contribution in [0.5, 0.6) is 0 Å². The molecule has 0 bridgehead atoms. The van der Waals surface area contributed by atoms with E-state index in [0.29, 0.717) is 23.6 Å². The summed E-state index contributed by atoms with van der Waals surface area (Å²) >= 11 is 1.50. The Bertz CT molecular complexity index is 1290. The van der Waals surface area contributed by atoms with E-state index in [0.717, 1.165) is 41.2 Å². The van der Waals surface area contributed by atoms with Gasteiger partial charge in [-0.2, -0.15) is 0 Å². The quantitative estimate of drug-likeness (QED) is 0.228. The molecular weight excluding hydrogens is 490 g/mol. The first-order chi connectivity index (χ1) is 18.4. The minimum Gasteiger partial charge on any atom is -0.352 e. The van der Waals surface area contributed by atoms with Crippen molar-refractivity contribution in [2.45, 2.75) is 44.6 Å². The van der Waals surface area contributed by atoms with E-state index in [9.17, 15) is 9.59 Å². The monoisotopic (exact) mass is 527 g/mol. The van der Waals surface area contributed by atoms with E-state index in [-0.39, 0.29) is 11.8 Å². The molecule has 0 atom stereocenters. The summed E-state index contributed by atoms with van der Waals surface area (Å²) in [5, 5.41) is 3.02. The van der Waals surface area contributed by atoms with Crippen LogP contribution in [-0.2, 0) is 11.3 Å². The molecule has 0 aromatic heterocycles.